The van der Waals surface area contributed by atoms with Gasteiger partial charge < -0.3 is 5.32 Å². The van der Waals surface area contributed by atoms with Crippen molar-refractivity contribution in [3.05, 3.63) is 52.3 Å². The molecule has 0 bridgehead atoms. The van der Waals surface area contributed by atoms with E-state index in [-0.39, 0.29) is 10.7 Å². The second-order valence-corrected chi connectivity index (χ2v) is 7.81. The minimum absolute atomic E-state index is 0.107. The van der Waals surface area contributed by atoms with Crippen molar-refractivity contribution in [2.24, 2.45) is 0 Å². The lowest BCUT2D eigenvalue weighted by molar-refractivity contribution is 0.600. The number of H-pyrrole nitrogens is 1. The number of hydrogen-bond donors (Lipinski definition) is 3. The van der Waals surface area contributed by atoms with Gasteiger partial charge in [-0.2, -0.15) is 5.10 Å². The molecule has 0 aliphatic rings. The highest BCUT2D eigenvalue weighted by Gasteiger charge is 2.22. The van der Waals surface area contributed by atoms with Gasteiger partial charge in [0.25, 0.3) is 10.0 Å². The third-order valence-electron chi connectivity index (χ3n) is 3.70. The van der Waals surface area contributed by atoms with Gasteiger partial charge in [-0.1, -0.05) is 17.7 Å². The minimum atomic E-state index is -3.80. The summed E-state index contributed by atoms with van der Waals surface area (Å²) < 4.78 is 27.4. The van der Waals surface area contributed by atoms with Crippen LogP contribution in [-0.4, -0.2) is 28.8 Å². The summed E-state index contributed by atoms with van der Waals surface area (Å²) in [5, 5.41) is 18.2. The van der Waals surface area contributed by atoms with Gasteiger partial charge in [0.15, 0.2) is 11.6 Å². The molecular formula is C16H17ClN6O2S. The molecule has 0 unspecified atom stereocenters. The quantitative estimate of drug-likeness (QED) is 0.613. The van der Waals surface area contributed by atoms with E-state index in [1.165, 1.54) is 6.07 Å². The molecule has 0 saturated heterocycles. The fourth-order valence-corrected chi connectivity index (χ4v) is 3.99. The summed E-state index contributed by atoms with van der Waals surface area (Å²) in [5.74, 6) is 0.576. The molecule has 1 aromatic carbocycles. The maximum atomic E-state index is 12.5. The third-order valence-corrected chi connectivity index (χ3v) is 5.55. The number of aromatic amines is 1. The van der Waals surface area contributed by atoms with E-state index in [0.717, 1.165) is 11.3 Å². The lowest BCUT2D eigenvalue weighted by Crippen LogP contribution is -2.16. The number of hydrogen-bond acceptors (Lipinski definition) is 6. The largest absolute Gasteiger partial charge is 0.338 e. The summed E-state index contributed by atoms with van der Waals surface area (Å²) in [5.41, 5.74) is 2.63. The van der Waals surface area contributed by atoms with Crippen LogP contribution >= 0.6 is 11.6 Å². The van der Waals surface area contributed by atoms with Gasteiger partial charge in [0.2, 0.25) is 0 Å². The number of aromatic nitrogens is 4. The first kappa shape index (κ1) is 18.2. The third kappa shape index (κ3) is 3.78. The fraction of sp³-hybridized carbons (Fsp3) is 0.188. The van der Waals surface area contributed by atoms with Gasteiger partial charge in [-0.05, 0) is 50.6 Å². The molecule has 3 rings (SSSR count). The van der Waals surface area contributed by atoms with Crippen molar-refractivity contribution >= 4 is 38.9 Å². The molecule has 3 aromatic rings. The average Bonchev–Trinajstić information content (AvgIpc) is 2.92. The predicted molar refractivity (Wildman–Crippen MR) is 100 cm³/mol. The monoisotopic (exact) mass is 392 g/mol. The first-order chi connectivity index (χ1) is 12.3. The Morgan fingerprint density at radius 1 is 1.04 bits per heavy atom. The number of nitrogens with zero attached hydrogens (tertiary/aromatic N) is 3. The van der Waals surface area contributed by atoms with Gasteiger partial charge in [-0.3, -0.25) is 9.82 Å². The number of anilines is 3. The molecule has 0 saturated carbocycles. The highest BCUT2D eigenvalue weighted by Crippen LogP contribution is 2.24. The average molecular weight is 393 g/mol. The van der Waals surface area contributed by atoms with Crippen LogP contribution < -0.4 is 10.0 Å². The van der Waals surface area contributed by atoms with Gasteiger partial charge in [0.05, 0.1) is 11.4 Å². The van der Waals surface area contributed by atoms with Crippen LogP contribution in [0.5, 0.6) is 0 Å². The highest BCUT2D eigenvalue weighted by molar-refractivity contribution is 7.92. The van der Waals surface area contributed by atoms with E-state index in [2.05, 4.69) is 30.4 Å². The van der Waals surface area contributed by atoms with Crippen LogP contribution in [0.15, 0.2) is 35.2 Å². The summed E-state index contributed by atoms with van der Waals surface area (Å²) in [7, 11) is -3.80. The van der Waals surface area contributed by atoms with Crippen LogP contribution in [0, 0.1) is 20.8 Å². The summed E-state index contributed by atoms with van der Waals surface area (Å²) >= 11 is 5.99. The highest BCUT2D eigenvalue weighted by atomic mass is 35.5. The zero-order valence-electron chi connectivity index (χ0n) is 14.3. The van der Waals surface area contributed by atoms with E-state index in [9.17, 15) is 8.42 Å². The Morgan fingerprint density at radius 3 is 2.35 bits per heavy atom. The molecule has 2 aromatic heterocycles. The number of halogens is 1. The molecule has 0 atom stereocenters. The Labute approximate surface area is 156 Å². The van der Waals surface area contributed by atoms with E-state index in [0.29, 0.717) is 22.2 Å². The van der Waals surface area contributed by atoms with Gasteiger partial charge in [0.1, 0.15) is 4.90 Å². The van der Waals surface area contributed by atoms with Gasteiger partial charge in [-0.25, -0.2) is 8.42 Å². The van der Waals surface area contributed by atoms with Crippen LogP contribution in [0.1, 0.15) is 17.0 Å². The van der Waals surface area contributed by atoms with Crippen molar-refractivity contribution in [2.75, 3.05) is 10.0 Å². The molecule has 2 heterocycles. The van der Waals surface area contributed by atoms with E-state index < -0.39 is 10.0 Å². The Kier molecular flexibility index (Phi) is 4.84. The topological polar surface area (TPSA) is 113 Å². The van der Waals surface area contributed by atoms with Crippen LogP contribution in [0.3, 0.4) is 0 Å². The molecule has 136 valence electrons. The Hall–Kier alpha value is -2.65. The SMILES string of the molecule is Cc1ccc(Cl)cc1Nc1ccc(NS(=O)(=O)c2c(C)n[nH]c2C)nn1. The maximum Gasteiger partial charge on any atom is 0.266 e. The standard InChI is InChI=1S/C16H17ClN6O2S/c1-9-4-5-12(17)8-13(9)18-14-6-7-15(22-21-14)23-26(24,25)16-10(2)19-20-11(16)3/h4-8H,1-3H3,(H,18,21)(H,19,20)(H,22,23). The summed E-state index contributed by atoms with van der Waals surface area (Å²) in [6.45, 7) is 5.19. The molecular weight excluding hydrogens is 376 g/mol. The zero-order chi connectivity index (χ0) is 18.9. The first-order valence-corrected chi connectivity index (χ1v) is 9.53. The van der Waals surface area contributed by atoms with Crippen molar-refractivity contribution in [1.82, 2.24) is 20.4 Å². The van der Waals surface area contributed by atoms with Gasteiger partial charge in [0, 0.05) is 10.7 Å². The molecule has 0 amide bonds. The maximum absolute atomic E-state index is 12.5. The molecule has 3 N–H and O–H groups in total. The molecule has 0 spiro atoms. The number of sulfonamides is 1. The van der Waals surface area contributed by atoms with Gasteiger partial charge in [-0.15, -0.1) is 10.2 Å². The fourth-order valence-electron chi connectivity index (χ4n) is 2.45. The van der Waals surface area contributed by atoms with Crippen LogP contribution in [0.2, 0.25) is 5.02 Å². The molecule has 0 aliphatic heterocycles. The summed E-state index contributed by atoms with van der Waals surface area (Å²) in [4.78, 5) is 0.107. The number of aryl methyl sites for hydroxylation is 3. The number of nitrogens with one attached hydrogen (secondary N) is 3. The van der Waals surface area contributed by atoms with Crippen molar-refractivity contribution in [3.63, 3.8) is 0 Å². The molecule has 26 heavy (non-hydrogen) atoms. The van der Waals surface area contributed by atoms with Crippen molar-refractivity contribution in [2.45, 2.75) is 25.7 Å². The Morgan fingerprint density at radius 2 is 1.73 bits per heavy atom. The lowest BCUT2D eigenvalue weighted by atomic mass is 10.2. The molecule has 0 radical (unpaired) electrons. The predicted octanol–water partition coefficient (Wildman–Crippen LogP) is 3.32. The number of rotatable bonds is 5. The summed E-state index contributed by atoms with van der Waals surface area (Å²) in [6.07, 6.45) is 0. The van der Waals surface area contributed by atoms with Crippen LogP contribution in [0.4, 0.5) is 17.3 Å². The second-order valence-electron chi connectivity index (χ2n) is 5.76. The van der Waals surface area contributed by atoms with E-state index in [1.807, 2.05) is 13.0 Å². The smallest absolute Gasteiger partial charge is 0.266 e. The van der Waals surface area contributed by atoms with E-state index >= 15 is 0 Å². The lowest BCUT2D eigenvalue weighted by Gasteiger charge is -2.10. The van der Waals surface area contributed by atoms with E-state index in [1.54, 1.807) is 32.0 Å². The first-order valence-electron chi connectivity index (χ1n) is 7.67. The van der Waals surface area contributed by atoms with Gasteiger partial charge >= 0.3 is 0 Å². The van der Waals surface area contributed by atoms with Crippen molar-refractivity contribution in [1.29, 1.82) is 0 Å². The minimum Gasteiger partial charge on any atom is -0.338 e. The molecule has 0 aliphatic carbocycles. The second kappa shape index (κ2) is 6.93. The van der Waals surface area contributed by atoms with E-state index in [4.69, 9.17) is 11.6 Å². The molecule has 8 nitrogen and oxygen atoms in total. The van der Waals surface area contributed by atoms with Crippen LogP contribution in [-0.2, 0) is 10.0 Å². The van der Waals surface area contributed by atoms with Crippen molar-refractivity contribution < 1.29 is 8.42 Å². The molecule has 0 fully saturated rings. The van der Waals surface area contributed by atoms with Crippen LogP contribution in [0.25, 0.3) is 0 Å². The summed E-state index contributed by atoms with van der Waals surface area (Å²) in [6, 6.07) is 8.61. The Bertz CT molecular complexity index is 1030. The van der Waals surface area contributed by atoms with Crippen molar-refractivity contribution in [3.8, 4) is 0 Å². The zero-order valence-corrected chi connectivity index (χ0v) is 15.9. The number of benzene rings is 1. The Balaban J connectivity index is 1.79. The normalized spacial score (nSPS) is 11.4. The molecule has 10 heteroatoms.